The van der Waals surface area contributed by atoms with Crippen molar-refractivity contribution in [1.29, 1.82) is 0 Å². The van der Waals surface area contributed by atoms with Crippen LogP contribution in [0, 0.1) is 5.92 Å². The van der Waals surface area contributed by atoms with E-state index in [1.165, 1.54) is 33.3 Å². The fourth-order valence-corrected chi connectivity index (χ4v) is 6.66. The minimum atomic E-state index is 0.0626. The third-order valence-electron chi connectivity index (χ3n) is 8.01. The van der Waals surface area contributed by atoms with E-state index in [2.05, 4.69) is 80.4 Å². The van der Waals surface area contributed by atoms with E-state index < -0.39 is 0 Å². The highest BCUT2D eigenvalue weighted by Gasteiger charge is 2.48. The van der Waals surface area contributed by atoms with Gasteiger partial charge in [0.15, 0.2) is 0 Å². The van der Waals surface area contributed by atoms with Crippen LogP contribution in [0.15, 0.2) is 77.3 Å². The van der Waals surface area contributed by atoms with E-state index >= 15 is 0 Å². The Kier molecular flexibility index (Phi) is 5.31. The van der Waals surface area contributed by atoms with Crippen molar-refractivity contribution in [2.24, 2.45) is 5.92 Å². The second-order valence-electron chi connectivity index (χ2n) is 9.84. The zero-order valence-corrected chi connectivity index (χ0v) is 20.3. The van der Waals surface area contributed by atoms with Crippen molar-refractivity contribution in [1.82, 2.24) is 9.88 Å². The molecule has 2 aliphatic rings. The number of aromatic amines is 1. The molecular formula is C29H29BrN2O. The number of aromatic nitrogens is 1. The van der Waals surface area contributed by atoms with Gasteiger partial charge in [0, 0.05) is 39.6 Å². The lowest BCUT2D eigenvalue weighted by Crippen LogP contribution is -2.54. The quantitative estimate of drug-likeness (QED) is 0.348. The van der Waals surface area contributed by atoms with E-state index in [0.29, 0.717) is 11.7 Å². The Morgan fingerprint density at radius 2 is 1.91 bits per heavy atom. The average Bonchev–Trinajstić information content (AvgIpc) is 3.17. The molecule has 4 heteroatoms. The Labute approximate surface area is 203 Å². The predicted octanol–water partition coefficient (Wildman–Crippen LogP) is 6.24. The maximum atomic E-state index is 10.3. The van der Waals surface area contributed by atoms with Crippen molar-refractivity contribution < 1.29 is 5.11 Å². The van der Waals surface area contributed by atoms with Crippen molar-refractivity contribution in [3.63, 3.8) is 0 Å². The standard InChI is InChI=1S/C29H29BrN2O/c30-23-9-10-25-26-16-22-19-32(13-11-20-5-2-1-3-6-20)14-12-29(22,18-28(26)31-27(25)17-23)21-7-4-8-24(33)15-21/h1-10,15,17,22,31,33H,11-14,16,18-19H2/t22?,29-/m1/s1. The summed E-state index contributed by atoms with van der Waals surface area (Å²) < 4.78 is 1.11. The first-order valence-electron chi connectivity index (χ1n) is 12.0. The highest BCUT2D eigenvalue weighted by Crippen LogP contribution is 2.49. The maximum absolute atomic E-state index is 10.3. The molecular weight excluding hydrogens is 472 g/mol. The second kappa shape index (κ2) is 8.34. The van der Waals surface area contributed by atoms with Crippen LogP contribution < -0.4 is 0 Å². The molecule has 0 saturated carbocycles. The zero-order chi connectivity index (χ0) is 22.4. The number of piperidine rings is 1. The van der Waals surface area contributed by atoms with Crippen LogP contribution >= 0.6 is 15.9 Å². The average molecular weight is 501 g/mol. The fraction of sp³-hybridized carbons (Fsp3) is 0.310. The lowest BCUT2D eigenvalue weighted by atomic mass is 9.58. The highest BCUT2D eigenvalue weighted by atomic mass is 79.9. The topological polar surface area (TPSA) is 39.3 Å². The molecule has 1 aromatic heterocycles. The first-order chi connectivity index (χ1) is 16.1. The van der Waals surface area contributed by atoms with Crippen LogP contribution in [-0.4, -0.2) is 34.6 Å². The molecule has 0 bridgehead atoms. The first-order valence-corrected chi connectivity index (χ1v) is 12.7. The Morgan fingerprint density at radius 3 is 2.76 bits per heavy atom. The summed E-state index contributed by atoms with van der Waals surface area (Å²) in [6.45, 7) is 3.30. The van der Waals surface area contributed by atoms with E-state index in [0.717, 1.165) is 49.8 Å². The van der Waals surface area contributed by atoms with Gasteiger partial charge in [-0.3, -0.25) is 0 Å². The van der Waals surface area contributed by atoms with E-state index in [4.69, 9.17) is 0 Å². The predicted molar refractivity (Wildman–Crippen MR) is 138 cm³/mol. The molecule has 2 heterocycles. The number of likely N-dealkylation sites (tertiary alicyclic amines) is 1. The third-order valence-corrected chi connectivity index (χ3v) is 8.51. The number of halogens is 1. The van der Waals surface area contributed by atoms with Crippen LogP contribution in [0.5, 0.6) is 5.75 Å². The van der Waals surface area contributed by atoms with Gasteiger partial charge >= 0.3 is 0 Å². The maximum Gasteiger partial charge on any atom is 0.115 e. The molecule has 1 fully saturated rings. The van der Waals surface area contributed by atoms with Crippen molar-refractivity contribution in [3.05, 3.63) is 99.7 Å². The number of benzene rings is 3. The van der Waals surface area contributed by atoms with Crippen molar-refractivity contribution >= 4 is 26.8 Å². The van der Waals surface area contributed by atoms with Gasteiger partial charge in [0.25, 0.3) is 0 Å². The summed E-state index contributed by atoms with van der Waals surface area (Å²) >= 11 is 3.63. The Balaban J connectivity index is 1.35. The number of aromatic hydroxyl groups is 1. The molecule has 2 N–H and O–H groups in total. The molecule has 0 spiro atoms. The Hall–Kier alpha value is -2.56. The monoisotopic (exact) mass is 500 g/mol. The SMILES string of the molecule is Oc1cccc([C@]23CCN(CCc4ccccc4)CC2Cc2c([nH]c4cc(Br)ccc24)C3)c1. The normalized spacial score (nSPS) is 22.8. The molecule has 1 unspecified atom stereocenters. The van der Waals surface area contributed by atoms with Gasteiger partial charge in [-0.1, -0.05) is 64.5 Å². The van der Waals surface area contributed by atoms with Gasteiger partial charge in [-0.05, 0) is 79.1 Å². The zero-order valence-electron chi connectivity index (χ0n) is 18.7. The summed E-state index contributed by atoms with van der Waals surface area (Å²) in [5.41, 5.74) is 6.85. The largest absolute Gasteiger partial charge is 0.508 e. The number of phenols is 1. The van der Waals surface area contributed by atoms with Crippen molar-refractivity contribution in [2.45, 2.75) is 31.1 Å². The van der Waals surface area contributed by atoms with E-state index in [1.54, 1.807) is 6.07 Å². The fourth-order valence-electron chi connectivity index (χ4n) is 6.29. The molecule has 2 atom stereocenters. The van der Waals surface area contributed by atoms with Crippen LogP contribution in [0.2, 0.25) is 0 Å². The molecule has 3 nitrogen and oxygen atoms in total. The van der Waals surface area contributed by atoms with Gasteiger partial charge in [0.05, 0.1) is 0 Å². The molecule has 0 radical (unpaired) electrons. The van der Waals surface area contributed by atoms with E-state index in [1.807, 2.05) is 12.1 Å². The van der Waals surface area contributed by atoms with Gasteiger partial charge in [0.2, 0.25) is 0 Å². The first kappa shape index (κ1) is 21.0. The number of hydrogen-bond acceptors (Lipinski definition) is 2. The van der Waals surface area contributed by atoms with Gasteiger partial charge < -0.3 is 15.0 Å². The molecule has 4 aromatic rings. The molecule has 168 valence electrons. The lowest BCUT2D eigenvalue weighted by molar-refractivity contribution is 0.0822. The number of rotatable bonds is 4. The summed E-state index contributed by atoms with van der Waals surface area (Å²) in [6.07, 6.45) is 4.30. The number of H-pyrrole nitrogens is 1. The number of nitrogens with zero attached hydrogens (tertiary/aromatic N) is 1. The van der Waals surface area contributed by atoms with Crippen molar-refractivity contribution in [3.8, 4) is 5.75 Å². The molecule has 3 aromatic carbocycles. The van der Waals surface area contributed by atoms with Crippen LogP contribution in [0.25, 0.3) is 10.9 Å². The van der Waals surface area contributed by atoms with Gasteiger partial charge in [-0.2, -0.15) is 0 Å². The minimum absolute atomic E-state index is 0.0626. The van der Waals surface area contributed by atoms with Crippen LogP contribution in [0.3, 0.4) is 0 Å². The summed E-state index contributed by atoms with van der Waals surface area (Å²) in [4.78, 5) is 6.41. The number of phenolic OH excluding ortho intramolecular Hbond substituents is 1. The summed E-state index contributed by atoms with van der Waals surface area (Å²) in [5.74, 6) is 0.900. The van der Waals surface area contributed by atoms with Gasteiger partial charge in [-0.15, -0.1) is 0 Å². The second-order valence-corrected chi connectivity index (χ2v) is 10.8. The van der Waals surface area contributed by atoms with Crippen molar-refractivity contribution in [2.75, 3.05) is 19.6 Å². The molecule has 6 rings (SSSR count). The van der Waals surface area contributed by atoms with E-state index in [9.17, 15) is 5.11 Å². The van der Waals surface area contributed by atoms with Gasteiger partial charge in [0.1, 0.15) is 5.75 Å². The number of nitrogens with one attached hydrogen (secondary N) is 1. The van der Waals surface area contributed by atoms with E-state index in [-0.39, 0.29) is 5.41 Å². The summed E-state index contributed by atoms with van der Waals surface area (Å²) in [7, 11) is 0. The number of hydrogen-bond donors (Lipinski definition) is 2. The molecule has 1 aliphatic heterocycles. The van der Waals surface area contributed by atoms with Crippen LogP contribution in [0.4, 0.5) is 0 Å². The lowest BCUT2D eigenvalue weighted by Gasteiger charge is -2.51. The Bertz CT molecular complexity index is 1300. The molecule has 33 heavy (non-hydrogen) atoms. The van der Waals surface area contributed by atoms with Gasteiger partial charge in [-0.25, -0.2) is 0 Å². The van der Waals surface area contributed by atoms with Crippen LogP contribution in [0.1, 0.15) is 28.8 Å². The highest BCUT2D eigenvalue weighted by molar-refractivity contribution is 9.10. The smallest absolute Gasteiger partial charge is 0.115 e. The third kappa shape index (κ3) is 3.79. The Morgan fingerprint density at radius 1 is 1.03 bits per heavy atom. The summed E-state index contributed by atoms with van der Waals surface area (Å²) in [5, 5.41) is 11.7. The molecule has 1 saturated heterocycles. The number of fused-ring (bicyclic) bond motifs is 4. The molecule has 0 amide bonds. The van der Waals surface area contributed by atoms with Crippen LogP contribution in [-0.2, 0) is 24.7 Å². The minimum Gasteiger partial charge on any atom is -0.508 e. The molecule has 1 aliphatic carbocycles. The summed E-state index contributed by atoms with van der Waals surface area (Å²) in [6, 6.07) is 25.5.